The van der Waals surface area contributed by atoms with Crippen LogP contribution < -0.4 is 0 Å². The molecular weight excluding hydrogens is 328 g/mol. The molecule has 142 valence electrons. The highest BCUT2D eigenvalue weighted by molar-refractivity contribution is 5.04. The summed E-state index contributed by atoms with van der Waals surface area (Å²) in [6, 6.07) is 0. The lowest BCUT2D eigenvalue weighted by atomic mass is 9.96. The first-order chi connectivity index (χ1) is 12.7. The maximum Gasteiger partial charge on any atom is 0.191 e. The highest BCUT2D eigenvalue weighted by atomic mass is 16.3. The number of aromatic nitrogens is 4. The minimum absolute atomic E-state index is 0.512. The molecular formula is C19H30N6O. The SMILES string of the molecule is Cc1nc(CN2CCC(c3nnc(CN4CCCCC4)n3C)CC2)co1. The number of hydrogen-bond donors (Lipinski definition) is 0. The van der Waals surface area contributed by atoms with Crippen molar-refractivity contribution in [1.29, 1.82) is 0 Å². The van der Waals surface area contributed by atoms with E-state index in [1.807, 2.05) is 6.92 Å². The molecule has 7 heteroatoms. The lowest BCUT2D eigenvalue weighted by molar-refractivity contribution is 0.197. The Balaban J connectivity index is 1.32. The summed E-state index contributed by atoms with van der Waals surface area (Å²) < 4.78 is 7.56. The summed E-state index contributed by atoms with van der Waals surface area (Å²) in [6.45, 7) is 8.25. The third-order valence-corrected chi connectivity index (χ3v) is 5.82. The van der Waals surface area contributed by atoms with E-state index in [0.717, 1.165) is 62.3 Å². The summed E-state index contributed by atoms with van der Waals surface area (Å²) in [4.78, 5) is 9.39. The zero-order valence-electron chi connectivity index (χ0n) is 16.0. The lowest BCUT2D eigenvalue weighted by Crippen LogP contribution is -2.33. The third kappa shape index (κ3) is 3.99. The second kappa shape index (κ2) is 7.88. The second-order valence-corrected chi connectivity index (χ2v) is 7.78. The van der Waals surface area contributed by atoms with Crippen molar-refractivity contribution in [2.75, 3.05) is 26.2 Å². The summed E-state index contributed by atoms with van der Waals surface area (Å²) in [6.07, 6.45) is 8.03. The average Bonchev–Trinajstić information content (AvgIpc) is 3.23. The number of hydrogen-bond acceptors (Lipinski definition) is 6. The Hall–Kier alpha value is -1.73. The maximum atomic E-state index is 5.31. The normalized spacial score (nSPS) is 20.7. The molecule has 7 nitrogen and oxygen atoms in total. The van der Waals surface area contributed by atoms with Crippen LogP contribution in [0.4, 0.5) is 0 Å². The summed E-state index contributed by atoms with van der Waals surface area (Å²) >= 11 is 0. The van der Waals surface area contributed by atoms with Crippen molar-refractivity contribution in [3.8, 4) is 0 Å². The molecule has 2 saturated heterocycles. The van der Waals surface area contributed by atoms with Crippen LogP contribution in [0.2, 0.25) is 0 Å². The van der Waals surface area contributed by atoms with E-state index in [0.29, 0.717) is 5.92 Å². The standard InChI is InChI=1S/C19H30N6O/c1-15-20-17(14-26-15)12-25-10-6-16(7-11-25)19-22-21-18(23(19)2)13-24-8-4-3-5-9-24/h14,16H,3-13H2,1-2H3. The number of oxazole rings is 1. The molecule has 2 aromatic rings. The van der Waals surface area contributed by atoms with Gasteiger partial charge in [-0.25, -0.2) is 4.98 Å². The summed E-state index contributed by atoms with van der Waals surface area (Å²) in [5.74, 6) is 3.53. The fourth-order valence-corrected chi connectivity index (χ4v) is 4.25. The van der Waals surface area contributed by atoms with E-state index >= 15 is 0 Å². The van der Waals surface area contributed by atoms with E-state index in [1.54, 1.807) is 6.26 Å². The van der Waals surface area contributed by atoms with Crippen molar-refractivity contribution in [2.24, 2.45) is 7.05 Å². The molecule has 0 saturated carbocycles. The van der Waals surface area contributed by atoms with Gasteiger partial charge < -0.3 is 8.98 Å². The molecule has 0 N–H and O–H groups in total. The van der Waals surface area contributed by atoms with Crippen LogP contribution in [0.5, 0.6) is 0 Å². The Labute approximate surface area is 155 Å². The molecule has 0 spiro atoms. The van der Waals surface area contributed by atoms with Crippen molar-refractivity contribution >= 4 is 0 Å². The van der Waals surface area contributed by atoms with Crippen molar-refractivity contribution in [1.82, 2.24) is 29.5 Å². The summed E-state index contributed by atoms with van der Waals surface area (Å²) in [5, 5.41) is 9.07. The Bertz CT molecular complexity index is 709. The van der Waals surface area contributed by atoms with Gasteiger partial charge in [0.25, 0.3) is 0 Å². The van der Waals surface area contributed by atoms with Gasteiger partial charge in [0.15, 0.2) is 5.89 Å². The fraction of sp³-hybridized carbons (Fsp3) is 0.737. The number of likely N-dealkylation sites (tertiary alicyclic amines) is 2. The van der Waals surface area contributed by atoms with Crippen molar-refractivity contribution in [3.63, 3.8) is 0 Å². The highest BCUT2D eigenvalue weighted by Crippen LogP contribution is 2.28. The highest BCUT2D eigenvalue weighted by Gasteiger charge is 2.26. The first kappa shape index (κ1) is 17.7. The zero-order chi connectivity index (χ0) is 17.9. The second-order valence-electron chi connectivity index (χ2n) is 7.78. The molecule has 4 rings (SSSR count). The van der Waals surface area contributed by atoms with Gasteiger partial charge in [0.2, 0.25) is 0 Å². The predicted molar refractivity (Wildman–Crippen MR) is 98.6 cm³/mol. The lowest BCUT2D eigenvalue weighted by Gasteiger charge is -2.31. The number of piperidine rings is 2. The van der Waals surface area contributed by atoms with Crippen LogP contribution in [0.25, 0.3) is 0 Å². The van der Waals surface area contributed by atoms with Gasteiger partial charge in [0, 0.05) is 26.4 Å². The molecule has 0 aliphatic carbocycles. The minimum atomic E-state index is 0.512. The van der Waals surface area contributed by atoms with Gasteiger partial charge in [-0.15, -0.1) is 10.2 Å². The van der Waals surface area contributed by atoms with E-state index in [4.69, 9.17) is 4.42 Å². The van der Waals surface area contributed by atoms with Crippen molar-refractivity contribution in [3.05, 3.63) is 29.5 Å². The van der Waals surface area contributed by atoms with Crippen LogP contribution in [0.3, 0.4) is 0 Å². The number of rotatable bonds is 5. The van der Waals surface area contributed by atoms with Gasteiger partial charge in [-0.1, -0.05) is 6.42 Å². The molecule has 2 aromatic heterocycles. The van der Waals surface area contributed by atoms with E-state index in [2.05, 4.69) is 36.6 Å². The Morgan fingerprint density at radius 3 is 2.42 bits per heavy atom. The van der Waals surface area contributed by atoms with Crippen molar-refractivity contribution in [2.45, 2.75) is 58.0 Å². The molecule has 0 bridgehead atoms. The van der Waals surface area contributed by atoms with Gasteiger partial charge in [-0.2, -0.15) is 0 Å². The Morgan fingerprint density at radius 2 is 1.73 bits per heavy atom. The largest absolute Gasteiger partial charge is 0.449 e. The fourth-order valence-electron chi connectivity index (χ4n) is 4.25. The summed E-state index contributed by atoms with van der Waals surface area (Å²) in [5.41, 5.74) is 1.03. The number of aryl methyl sites for hydroxylation is 1. The molecule has 0 radical (unpaired) electrons. The quantitative estimate of drug-likeness (QED) is 0.818. The molecule has 2 aliphatic heterocycles. The first-order valence-electron chi connectivity index (χ1n) is 9.93. The van der Waals surface area contributed by atoms with Crippen LogP contribution in [0, 0.1) is 6.92 Å². The van der Waals surface area contributed by atoms with Gasteiger partial charge in [-0.05, 0) is 51.9 Å². The molecule has 26 heavy (non-hydrogen) atoms. The van der Waals surface area contributed by atoms with Crippen LogP contribution in [-0.4, -0.2) is 55.7 Å². The minimum Gasteiger partial charge on any atom is -0.449 e. The average molecular weight is 358 g/mol. The molecule has 0 aromatic carbocycles. The van der Waals surface area contributed by atoms with Gasteiger partial charge in [-0.3, -0.25) is 9.80 Å². The van der Waals surface area contributed by atoms with E-state index in [1.165, 1.54) is 32.4 Å². The zero-order valence-corrected chi connectivity index (χ0v) is 16.0. The third-order valence-electron chi connectivity index (χ3n) is 5.82. The molecule has 4 heterocycles. The van der Waals surface area contributed by atoms with Crippen LogP contribution >= 0.6 is 0 Å². The van der Waals surface area contributed by atoms with Crippen molar-refractivity contribution < 1.29 is 4.42 Å². The van der Waals surface area contributed by atoms with E-state index < -0.39 is 0 Å². The van der Waals surface area contributed by atoms with Crippen LogP contribution in [-0.2, 0) is 20.1 Å². The predicted octanol–water partition coefficient (Wildman–Crippen LogP) is 2.48. The molecule has 2 fully saturated rings. The molecule has 2 aliphatic rings. The monoisotopic (exact) mass is 358 g/mol. The molecule has 0 amide bonds. The first-order valence-corrected chi connectivity index (χ1v) is 9.93. The van der Waals surface area contributed by atoms with Gasteiger partial charge in [0.05, 0.1) is 12.2 Å². The molecule has 0 unspecified atom stereocenters. The molecule has 0 atom stereocenters. The Morgan fingerprint density at radius 1 is 1.00 bits per heavy atom. The van der Waals surface area contributed by atoms with Gasteiger partial charge in [0.1, 0.15) is 17.9 Å². The smallest absolute Gasteiger partial charge is 0.191 e. The maximum absolute atomic E-state index is 5.31. The van der Waals surface area contributed by atoms with Gasteiger partial charge >= 0.3 is 0 Å². The van der Waals surface area contributed by atoms with Crippen LogP contribution in [0.15, 0.2) is 10.7 Å². The van der Waals surface area contributed by atoms with E-state index in [9.17, 15) is 0 Å². The van der Waals surface area contributed by atoms with E-state index in [-0.39, 0.29) is 0 Å². The summed E-state index contributed by atoms with van der Waals surface area (Å²) in [7, 11) is 2.14. The topological polar surface area (TPSA) is 63.2 Å². The van der Waals surface area contributed by atoms with Crippen LogP contribution in [0.1, 0.15) is 61.3 Å². The Kier molecular flexibility index (Phi) is 5.36. The number of nitrogens with zero attached hydrogens (tertiary/aromatic N) is 6.